The second-order valence-electron chi connectivity index (χ2n) is 6.51. The van der Waals surface area contributed by atoms with Crippen molar-refractivity contribution in [3.05, 3.63) is 29.8 Å². The molecule has 0 radical (unpaired) electrons. The van der Waals surface area contributed by atoms with Gasteiger partial charge in [0.2, 0.25) is 5.91 Å². The summed E-state index contributed by atoms with van der Waals surface area (Å²) in [5.41, 5.74) is -0.485. The van der Waals surface area contributed by atoms with Gasteiger partial charge in [-0.25, -0.2) is 4.79 Å². The smallest absolute Gasteiger partial charge is 0.325 e. The number of rotatable bonds is 7. The average Bonchev–Trinajstić information content (AvgIpc) is 2.85. The fourth-order valence-electron chi connectivity index (χ4n) is 2.80. The lowest BCUT2D eigenvalue weighted by atomic mass is 9.87. The van der Waals surface area contributed by atoms with E-state index in [9.17, 15) is 14.4 Å². The molecule has 1 saturated heterocycles. The standard InChI is InChI=1S/C18H25N3O4/c1-5-18(13-6-8-14(25-4)9-7-13)16(23)21(17(24)20-18)11-15(22)19-10-12(2)3/h6-9,12H,5,10-11H2,1-4H3,(H,19,22)(H,20,24)/t18-/m1/s1. The minimum atomic E-state index is -1.15. The number of benzene rings is 1. The zero-order chi connectivity index (χ0) is 18.6. The molecule has 1 fully saturated rings. The summed E-state index contributed by atoms with van der Waals surface area (Å²) < 4.78 is 5.13. The fraction of sp³-hybridized carbons (Fsp3) is 0.500. The number of methoxy groups -OCH3 is 1. The molecule has 1 aromatic carbocycles. The van der Waals surface area contributed by atoms with Crippen LogP contribution in [0.3, 0.4) is 0 Å². The molecular formula is C18H25N3O4. The van der Waals surface area contributed by atoms with Crippen molar-refractivity contribution >= 4 is 17.8 Å². The molecule has 1 aliphatic rings. The summed E-state index contributed by atoms with van der Waals surface area (Å²) in [6.45, 7) is 5.99. The molecule has 7 nitrogen and oxygen atoms in total. The SMILES string of the molecule is CC[C@]1(c2ccc(OC)cc2)NC(=O)N(CC(=O)NCC(C)C)C1=O. The molecule has 4 amide bonds. The first-order valence-electron chi connectivity index (χ1n) is 8.39. The van der Waals surface area contributed by atoms with Crippen molar-refractivity contribution in [2.24, 2.45) is 5.92 Å². The first kappa shape index (κ1) is 18.8. The van der Waals surface area contributed by atoms with Gasteiger partial charge in [0.05, 0.1) is 7.11 Å². The first-order valence-corrected chi connectivity index (χ1v) is 8.39. The number of nitrogens with one attached hydrogen (secondary N) is 2. The van der Waals surface area contributed by atoms with E-state index >= 15 is 0 Å². The lowest BCUT2D eigenvalue weighted by Crippen LogP contribution is -2.45. The van der Waals surface area contributed by atoms with E-state index in [0.717, 1.165) is 4.90 Å². The van der Waals surface area contributed by atoms with Crippen LogP contribution >= 0.6 is 0 Å². The Hall–Kier alpha value is -2.57. The maximum absolute atomic E-state index is 12.9. The molecule has 25 heavy (non-hydrogen) atoms. The molecule has 0 aromatic heterocycles. The highest BCUT2D eigenvalue weighted by Gasteiger charge is 2.51. The monoisotopic (exact) mass is 347 g/mol. The van der Waals surface area contributed by atoms with E-state index in [0.29, 0.717) is 30.2 Å². The minimum Gasteiger partial charge on any atom is -0.497 e. The van der Waals surface area contributed by atoms with Gasteiger partial charge in [0.1, 0.15) is 17.8 Å². The van der Waals surface area contributed by atoms with Crippen LogP contribution in [0.5, 0.6) is 5.75 Å². The van der Waals surface area contributed by atoms with Crippen molar-refractivity contribution < 1.29 is 19.1 Å². The number of imide groups is 1. The Morgan fingerprint density at radius 2 is 1.92 bits per heavy atom. The van der Waals surface area contributed by atoms with Crippen LogP contribution in [0.4, 0.5) is 4.79 Å². The molecule has 1 aromatic rings. The third-order valence-electron chi connectivity index (χ3n) is 4.30. The molecule has 1 atom stereocenters. The van der Waals surface area contributed by atoms with Gasteiger partial charge in [0.15, 0.2) is 0 Å². The maximum atomic E-state index is 12.9. The third-order valence-corrected chi connectivity index (χ3v) is 4.30. The molecule has 2 rings (SSSR count). The van der Waals surface area contributed by atoms with Crippen molar-refractivity contribution in [3.63, 3.8) is 0 Å². The van der Waals surface area contributed by atoms with E-state index in [4.69, 9.17) is 4.74 Å². The van der Waals surface area contributed by atoms with Crippen molar-refractivity contribution in [1.82, 2.24) is 15.5 Å². The maximum Gasteiger partial charge on any atom is 0.325 e. The highest BCUT2D eigenvalue weighted by atomic mass is 16.5. The van der Waals surface area contributed by atoms with Crippen LogP contribution in [0.25, 0.3) is 0 Å². The molecule has 7 heteroatoms. The normalized spacial score (nSPS) is 20.0. The van der Waals surface area contributed by atoms with Crippen molar-refractivity contribution in [2.45, 2.75) is 32.7 Å². The van der Waals surface area contributed by atoms with Gasteiger partial charge in [0, 0.05) is 6.54 Å². The van der Waals surface area contributed by atoms with Gasteiger partial charge in [-0.15, -0.1) is 0 Å². The molecule has 0 spiro atoms. The Labute approximate surface area is 147 Å². The summed E-state index contributed by atoms with van der Waals surface area (Å²) in [5.74, 6) is 0.196. The molecule has 0 saturated carbocycles. The number of carbonyl (C=O) groups is 3. The summed E-state index contributed by atoms with van der Waals surface area (Å²) in [6.07, 6.45) is 0.383. The highest BCUT2D eigenvalue weighted by Crippen LogP contribution is 2.33. The summed E-state index contributed by atoms with van der Waals surface area (Å²) in [5, 5.41) is 5.48. The predicted octanol–water partition coefficient (Wildman–Crippen LogP) is 1.62. The number of hydrogen-bond acceptors (Lipinski definition) is 4. The molecule has 136 valence electrons. The Morgan fingerprint density at radius 3 is 2.44 bits per heavy atom. The van der Waals surface area contributed by atoms with E-state index in [-0.39, 0.29) is 12.5 Å². The second kappa shape index (κ2) is 7.55. The van der Waals surface area contributed by atoms with Gasteiger partial charge >= 0.3 is 6.03 Å². The van der Waals surface area contributed by atoms with Crippen LogP contribution in [0.2, 0.25) is 0 Å². The third kappa shape index (κ3) is 3.75. The van der Waals surface area contributed by atoms with Crippen molar-refractivity contribution in [3.8, 4) is 5.75 Å². The number of amides is 4. The molecule has 0 bridgehead atoms. The first-order chi connectivity index (χ1) is 11.8. The molecule has 2 N–H and O–H groups in total. The summed E-state index contributed by atoms with van der Waals surface area (Å²) >= 11 is 0. The molecule has 0 unspecified atom stereocenters. The summed E-state index contributed by atoms with van der Waals surface area (Å²) in [7, 11) is 1.56. The highest BCUT2D eigenvalue weighted by molar-refractivity contribution is 6.09. The van der Waals surface area contributed by atoms with E-state index < -0.39 is 17.5 Å². The topological polar surface area (TPSA) is 87.7 Å². The van der Waals surface area contributed by atoms with Crippen molar-refractivity contribution in [1.29, 1.82) is 0 Å². The van der Waals surface area contributed by atoms with Crippen LogP contribution in [0.1, 0.15) is 32.8 Å². The minimum absolute atomic E-state index is 0.282. The quantitative estimate of drug-likeness (QED) is 0.734. The van der Waals surface area contributed by atoms with Gasteiger partial charge in [-0.3, -0.25) is 14.5 Å². The Morgan fingerprint density at radius 1 is 1.28 bits per heavy atom. The Kier molecular flexibility index (Phi) is 5.66. The van der Waals surface area contributed by atoms with Crippen LogP contribution in [0, 0.1) is 5.92 Å². The molecule has 1 aliphatic heterocycles. The van der Waals surface area contributed by atoms with Crippen LogP contribution < -0.4 is 15.4 Å². The second-order valence-corrected chi connectivity index (χ2v) is 6.51. The van der Waals surface area contributed by atoms with Gasteiger partial charge in [-0.2, -0.15) is 0 Å². The van der Waals surface area contributed by atoms with Gasteiger partial charge in [-0.1, -0.05) is 32.9 Å². The average molecular weight is 347 g/mol. The van der Waals surface area contributed by atoms with E-state index in [1.807, 2.05) is 20.8 Å². The molecule has 1 heterocycles. The number of hydrogen-bond donors (Lipinski definition) is 2. The lowest BCUT2D eigenvalue weighted by Gasteiger charge is -2.26. The molecule has 0 aliphatic carbocycles. The predicted molar refractivity (Wildman–Crippen MR) is 93.1 cm³/mol. The fourth-order valence-corrected chi connectivity index (χ4v) is 2.80. The number of carbonyl (C=O) groups excluding carboxylic acids is 3. The zero-order valence-corrected chi connectivity index (χ0v) is 15.1. The largest absolute Gasteiger partial charge is 0.497 e. The van der Waals surface area contributed by atoms with Gasteiger partial charge < -0.3 is 15.4 Å². The number of nitrogens with zero attached hydrogens (tertiary/aromatic N) is 1. The van der Waals surface area contributed by atoms with Crippen LogP contribution in [-0.2, 0) is 15.1 Å². The van der Waals surface area contributed by atoms with E-state index in [1.54, 1.807) is 31.4 Å². The Bertz CT molecular complexity index is 657. The van der Waals surface area contributed by atoms with Gasteiger partial charge in [0.25, 0.3) is 5.91 Å². The molecular weight excluding hydrogens is 322 g/mol. The summed E-state index contributed by atoms with van der Waals surface area (Å²) in [6, 6.07) is 6.43. The van der Waals surface area contributed by atoms with E-state index in [2.05, 4.69) is 10.6 Å². The number of urea groups is 1. The lowest BCUT2D eigenvalue weighted by molar-refractivity contribution is -0.135. The Balaban J connectivity index is 2.20. The summed E-state index contributed by atoms with van der Waals surface area (Å²) in [4.78, 5) is 38.2. The van der Waals surface area contributed by atoms with Gasteiger partial charge in [-0.05, 0) is 30.0 Å². The van der Waals surface area contributed by atoms with Crippen molar-refractivity contribution in [2.75, 3.05) is 20.2 Å². The zero-order valence-electron chi connectivity index (χ0n) is 15.1. The van der Waals surface area contributed by atoms with E-state index in [1.165, 1.54) is 0 Å². The number of ether oxygens (including phenoxy) is 1. The van der Waals surface area contributed by atoms with Crippen LogP contribution in [0.15, 0.2) is 24.3 Å². The van der Waals surface area contributed by atoms with Crippen LogP contribution in [-0.4, -0.2) is 42.9 Å².